The average Bonchev–Trinajstić information content (AvgIpc) is 2.62. The van der Waals surface area contributed by atoms with Crippen LogP contribution in [0.2, 0.25) is 0 Å². The van der Waals surface area contributed by atoms with Crippen molar-refractivity contribution >= 4 is 0 Å². The van der Waals surface area contributed by atoms with E-state index in [1.807, 2.05) is 0 Å². The standard InChI is InChI=1S/C12H17N3O/c16-11-13-7-14-15(11)12-4-8-1-9(5-12)3-10(2-8)6-12/h7-10H,1-6H2,(H,13,14,16). The van der Waals surface area contributed by atoms with Crippen molar-refractivity contribution in [1.29, 1.82) is 0 Å². The molecule has 0 aromatic carbocycles. The first-order valence-electron chi connectivity index (χ1n) is 6.38. The van der Waals surface area contributed by atoms with Gasteiger partial charge in [0.2, 0.25) is 0 Å². The molecule has 86 valence electrons. The van der Waals surface area contributed by atoms with Crippen LogP contribution >= 0.6 is 0 Å². The summed E-state index contributed by atoms with van der Waals surface area (Å²) in [6, 6.07) is 0. The second-order valence-corrected chi connectivity index (χ2v) is 6.15. The lowest BCUT2D eigenvalue weighted by Gasteiger charge is -2.56. The maximum absolute atomic E-state index is 11.8. The number of nitrogens with zero attached hydrogens (tertiary/aromatic N) is 2. The molecule has 1 N–H and O–H groups in total. The molecule has 5 rings (SSSR count). The summed E-state index contributed by atoms with van der Waals surface area (Å²) in [4.78, 5) is 14.5. The van der Waals surface area contributed by atoms with Gasteiger partial charge in [0.05, 0.1) is 5.54 Å². The number of aromatic nitrogens is 3. The zero-order valence-electron chi connectivity index (χ0n) is 9.35. The molecule has 16 heavy (non-hydrogen) atoms. The predicted octanol–water partition coefficient (Wildman–Crippen LogP) is 1.50. The molecule has 1 heterocycles. The monoisotopic (exact) mass is 219 g/mol. The van der Waals surface area contributed by atoms with Gasteiger partial charge in [0.25, 0.3) is 0 Å². The molecule has 4 aliphatic rings. The van der Waals surface area contributed by atoms with E-state index in [9.17, 15) is 4.79 Å². The summed E-state index contributed by atoms with van der Waals surface area (Å²) < 4.78 is 1.76. The fraction of sp³-hybridized carbons (Fsp3) is 0.833. The second kappa shape index (κ2) is 2.79. The molecule has 4 aliphatic carbocycles. The van der Waals surface area contributed by atoms with E-state index in [0.29, 0.717) is 0 Å². The van der Waals surface area contributed by atoms with E-state index in [1.54, 1.807) is 11.0 Å². The molecule has 0 aliphatic heterocycles. The van der Waals surface area contributed by atoms with E-state index in [-0.39, 0.29) is 11.2 Å². The van der Waals surface area contributed by atoms with E-state index >= 15 is 0 Å². The highest BCUT2D eigenvalue weighted by Crippen LogP contribution is 2.58. The molecule has 1 aromatic rings. The van der Waals surface area contributed by atoms with Crippen molar-refractivity contribution in [1.82, 2.24) is 14.8 Å². The number of hydrogen-bond acceptors (Lipinski definition) is 2. The second-order valence-electron chi connectivity index (χ2n) is 6.15. The van der Waals surface area contributed by atoms with Gasteiger partial charge in [-0.1, -0.05) is 0 Å². The molecule has 4 saturated carbocycles. The Balaban J connectivity index is 1.82. The maximum atomic E-state index is 11.8. The molecular weight excluding hydrogens is 202 g/mol. The normalized spacial score (nSPS) is 45.1. The summed E-state index contributed by atoms with van der Waals surface area (Å²) in [5.41, 5.74) is 0.0631. The third-order valence-electron chi connectivity index (χ3n) is 5.01. The Hall–Kier alpha value is -1.06. The molecule has 4 bridgehead atoms. The van der Waals surface area contributed by atoms with E-state index in [4.69, 9.17) is 0 Å². The summed E-state index contributed by atoms with van der Waals surface area (Å²) in [5.74, 6) is 2.57. The van der Waals surface area contributed by atoms with Gasteiger partial charge in [0.15, 0.2) is 0 Å². The Morgan fingerprint density at radius 2 is 1.75 bits per heavy atom. The van der Waals surface area contributed by atoms with Gasteiger partial charge in [-0.05, 0) is 56.3 Å². The third-order valence-corrected chi connectivity index (χ3v) is 5.01. The summed E-state index contributed by atoms with van der Waals surface area (Å²) in [6.45, 7) is 0. The average molecular weight is 219 g/mol. The van der Waals surface area contributed by atoms with Crippen LogP contribution in [-0.4, -0.2) is 14.8 Å². The Labute approximate surface area is 94.1 Å². The van der Waals surface area contributed by atoms with Gasteiger partial charge in [0.1, 0.15) is 6.33 Å². The molecule has 0 amide bonds. The fourth-order valence-corrected chi connectivity index (χ4v) is 4.92. The minimum Gasteiger partial charge on any atom is -0.295 e. The first-order valence-corrected chi connectivity index (χ1v) is 6.38. The Bertz CT molecular complexity index is 437. The van der Waals surface area contributed by atoms with Crippen molar-refractivity contribution < 1.29 is 0 Å². The minimum atomic E-state index is -0.0121. The van der Waals surface area contributed by atoms with Gasteiger partial charge < -0.3 is 0 Å². The Kier molecular flexibility index (Phi) is 1.57. The maximum Gasteiger partial charge on any atom is 0.343 e. The minimum absolute atomic E-state index is 0.0121. The topological polar surface area (TPSA) is 50.7 Å². The van der Waals surface area contributed by atoms with Crippen LogP contribution in [0.4, 0.5) is 0 Å². The lowest BCUT2D eigenvalue weighted by molar-refractivity contribution is -0.0512. The van der Waals surface area contributed by atoms with E-state index in [1.165, 1.54) is 38.5 Å². The van der Waals surface area contributed by atoms with Gasteiger partial charge in [0, 0.05) is 0 Å². The quantitative estimate of drug-likeness (QED) is 0.778. The highest BCUT2D eigenvalue weighted by molar-refractivity contribution is 5.04. The predicted molar refractivity (Wildman–Crippen MR) is 59.0 cm³/mol. The van der Waals surface area contributed by atoms with Crippen LogP contribution < -0.4 is 5.69 Å². The molecule has 1 aromatic heterocycles. The van der Waals surface area contributed by atoms with E-state index in [2.05, 4.69) is 10.1 Å². The highest BCUT2D eigenvalue weighted by atomic mass is 16.2. The molecule has 0 spiro atoms. The van der Waals surface area contributed by atoms with Crippen LogP contribution in [0.15, 0.2) is 11.1 Å². The molecule has 0 radical (unpaired) electrons. The zero-order chi connectivity index (χ0) is 10.8. The number of aromatic amines is 1. The first-order chi connectivity index (χ1) is 7.75. The Morgan fingerprint density at radius 1 is 1.19 bits per heavy atom. The lowest BCUT2D eigenvalue weighted by Crippen LogP contribution is -2.54. The molecule has 0 unspecified atom stereocenters. The van der Waals surface area contributed by atoms with E-state index < -0.39 is 0 Å². The van der Waals surface area contributed by atoms with Gasteiger partial charge >= 0.3 is 5.69 Å². The molecule has 0 saturated heterocycles. The van der Waals surface area contributed by atoms with Crippen molar-refractivity contribution in [2.75, 3.05) is 0 Å². The molecule has 4 heteroatoms. The SMILES string of the molecule is O=c1[nH]cnn1C12CC3CC(CC(C3)C1)C2. The van der Waals surface area contributed by atoms with Gasteiger partial charge in [-0.25, -0.2) is 9.48 Å². The lowest BCUT2D eigenvalue weighted by atomic mass is 9.53. The van der Waals surface area contributed by atoms with Gasteiger partial charge in [-0.15, -0.1) is 0 Å². The van der Waals surface area contributed by atoms with Crippen LogP contribution in [0.25, 0.3) is 0 Å². The molecule has 4 fully saturated rings. The zero-order valence-corrected chi connectivity index (χ0v) is 9.35. The van der Waals surface area contributed by atoms with Crippen molar-refractivity contribution in [2.24, 2.45) is 17.8 Å². The number of rotatable bonds is 1. The summed E-state index contributed by atoms with van der Waals surface area (Å²) in [6.07, 6.45) is 9.30. The number of hydrogen-bond donors (Lipinski definition) is 1. The highest BCUT2D eigenvalue weighted by Gasteiger charge is 2.53. The van der Waals surface area contributed by atoms with Crippen molar-refractivity contribution in [3.8, 4) is 0 Å². The molecular formula is C12H17N3O. The van der Waals surface area contributed by atoms with Crippen LogP contribution in [0.1, 0.15) is 38.5 Å². The third kappa shape index (κ3) is 1.05. The Morgan fingerprint density at radius 3 is 2.19 bits per heavy atom. The fourth-order valence-electron chi connectivity index (χ4n) is 4.92. The van der Waals surface area contributed by atoms with Crippen LogP contribution in [0, 0.1) is 17.8 Å². The van der Waals surface area contributed by atoms with Crippen molar-refractivity contribution in [3.63, 3.8) is 0 Å². The van der Waals surface area contributed by atoms with Crippen LogP contribution in [-0.2, 0) is 5.54 Å². The van der Waals surface area contributed by atoms with Crippen molar-refractivity contribution in [3.05, 3.63) is 16.8 Å². The van der Waals surface area contributed by atoms with Crippen LogP contribution in [0.5, 0.6) is 0 Å². The first kappa shape index (κ1) is 9.02. The largest absolute Gasteiger partial charge is 0.343 e. The summed E-state index contributed by atoms with van der Waals surface area (Å²) in [5, 5.41) is 4.25. The number of H-pyrrole nitrogens is 1. The molecule has 0 atom stereocenters. The van der Waals surface area contributed by atoms with Crippen molar-refractivity contribution in [2.45, 2.75) is 44.1 Å². The van der Waals surface area contributed by atoms with E-state index in [0.717, 1.165) is 17.8 Å². The van der Waals surface area contributed by atoms with Crippen LogP contribution in [0.3, 0.4) is 0 Å². The van der Waals surface area contributed by atoms with Gasteiger partial charge in [-0.2, -0.15) is 5.10 Å². The summed E-state index contributed by atoms with van der Waals surface area (Å²) >= 11 is 0. The summed E-state index contributed by atoms with van der Waals surface area (Å²) in [7, 11) is 0. The molecule has 4 nitrogen and oxygen atoms in total. The smallest absolute Gasteiger partial charge is 0.295 e. The van der Waals surface area contributed by atoms with Gasteiger partial charge in [-0.3, -0.25) is 4.98 Å². The number of nitrogens with one attached hydrogen (secondary N) is 1.